The van der Waals surface area contributed by atoms with Crippen LogP contribution in [0, 0.1) is 0 Å². The van der Waals surface area contributed by atoms with Gasteiger partial charge >= 0.3 is 0 Å². The predicted octanol–water partition coefficient (Wildman–Crippen LogP) is 2.95. The van der Waals surface area contributed by atoms with Crippen LogP contribution in [0.2, 0.25) is 0 Å². The molecule has 0 unspecified atom stereocenters. The van der Waals surface area contributed by atoms with Gasteiger partial charge in [0.05, 0.1) is 11.7 Å². The van der Waals surface area contributed by atoms with Crippen molar-refractivity contribution in [3.63, 3.8) is 0 Å². The number of benzene rings is 1. The number of pyridine rings is 1. The van der Waals surface area contributed by atoms with Crippen molar-refractivity contribution >= 4 is 22.7 Å². The zero-order chi connectivity index (χ0) is 26.6. The van der Waals surface area contributed by atoms with Crippen LogP contribution in [0.25, 0.3) is 22.0 Å². The monoisotopic (exact) mass is 498 g/mol. The smallest absolute Gasteiger partial charge is 0.274 e. The Hall–Kier alpha value is -3.63. The number of aromatic amines is 1. The highest BCUT2D eigenvalue weighted by molar-refractivity contribution is 6.03. The fraction of sp³-hybridized carbons (Fsp3) is 0.423. The third-order valence-electron chi connectivity index (χ3n) is 5.79. The van der Waals surface area contributed by atoms with E-state index in [1.807, 2.05) is 19.9 Å². The van der Waals surface area contributed by atoms with E-state index in [0.29, 0.717) is 47.2 Å². The fourth-order valence-electron chi connectivity index (χ4n) is 3.91. The van der Waals surface area contributed by atoms with Crippen LogP contribution in [0.15, 0.2) is 35.3 Å². The number of carbonyl (C=O) groups excluding carboxylic acids is 2. The molecule has 10 nitrogen and oxygen atoms in total. The van der Waals surface area contributed by atoms with E-state index < -0.39 is 11.5 Å². The summed E-state index contributed by atoms with van der Waals surface area (Å²) in [4.78, 5) is 39.7. The number of hydroxylamine groups is 1. The topological polar surface area (TPSA) is 146 Å². The molecule has 0 aliphatic rings. The molecule has 2 amide bonds. The summed E-state index contributed by atoms with van der Waals surface area (Å²) < 4.78 is 7.48. The fourth-order valence-corrected chi connectivity index (χ4v) is 3.91. The van der Waals surface area contributed by atoms with Gasteiger partial charge in [0.25, 0.3) is 11.5 Å². The SMILES string of the molecule is CC(C)Oc1ccc(C(C)(C)O)cc1-c1cn(C)c(=O)c2[nH]c(C(=O)NCCCCC(=O)NO)cc12. The molecular formula is C26H34N4O6. The lowest BCUT2D eigenvalue weighted by Crippen LogP contribution is -2.25. The number of nitrogens with zero attached hydrogens (tertiary/aromatic N) is 1. The van der Waals surface area contributed by atoms with Gasteiger partial charge in [-0.05, 0) is 64.3 Å². The first-order chi connectivity index (χ1) is 16.9. The Kier molecular flexibility index (Phi) is 8.21. The second-order valence-electron chi connectivity index (χ2n) is 9.62. The van der Waals surface area contributed by atoms with E-state index in [4.69, 9.17) is 9.94 Å². The summed E-state index contributed by atoms with van der Waals surface area (Å²) in [6.07, 6.45) is 2.80. The molecular weight excluding hydrogens is 464 g/mol. The average Bonchev–Trinajstić information content (AvgIpc) is 3.26. The third-order valence-corrected chi connectivity index (χ3v) is 5.79. The average molecular weight is 499 g/mol. The number of ether oxygens (including phenoxy) is 1. The minimum atomic E-state index is -1.09. The van der Waals surface area contributed by atoms with Crippen LogP contribution < -0.4 is 21.1 Å². The number of nitrogens with one attached hydrogen (secondary N) is 3. The number of aryl methyl sites for hydroxylation is 1. The van der Waals surface area contributed by atoms with E-state index in [-0.39, 0.29) is 35.2 Å². The van der Waals surface area contributed by atoms with Crippen molar-refractivity contribution in [2.24, 2.45) is 7.05 Å². The van der Waals surface area contributed by atoms with Gasteiger partial charge in [0.1, 0.15) is 17.0 Å². The number of aromatic nitrogens is 2. The van der Waals surface area contributed by atoms with Crippen LogP contribution >= 0.6 is 0 Å². The number of hydrogen-bond donors (Lipinski definition) is 5. The molecule has 0 saturated carbocycles. The molecule has 3 aromatic rings. The molecule has 0 fully saturated rings. The Bertz CT molecular complexity index is 1320. The Morgan fingerprint density at radius 2 is 1.89 bits per heavy atom. The molecule has 194 valence electrons. The van der Waals surface area contributed by atoms with Crippen LogP contribution in [0.5, 0.6) is 5.75 Å². The van der Waals surface area contributed by atoms with Gasteiger partial charge in [-0.2, -0.15) is 0 Å². The zero-order valence-electron chi connectivity index (χ0n) is 21.3. The van der Waals surface area contributed by atoms with Crippen molar-refractivity contribution in [3.05, 3.63) is 52.1 Å². The maximum absolute atomic E-state index is 12.9. The molecule has 0 aliphatic heterocycles. The van der Waals surface area contributed by atoms with Gasteiger partial charge in [0, 0.05) is 42.7 Å². The van der Waals surface area contributed by atoms with E-state index in [9.17, 15) is 19.5 Å². The first kappa shape index (κ1) is 27.0. The van der Waals surface area contributed by atoms with Crippen LogP contribution in [-0.2, 0) is 17.4 Å². The number of fused-ring (bicyclic) bond motifs is 1. The van der Waals surface area contributed by atoms with Gasteiger partial charge < -0.3 is 24.7 Å². The molecule has 0 bridgehead atoms. The van der Waals surface area contributed by atoms with Crippen molar-refractivity contribution in [3.8, 4) is 16.9 Å². The largest absolute Gasteiger partial charge is 0.490 e. The Labute approximate surface area is 209 Å². The lowest BCUT2D eigenvalue weighted by molar-refractivity contribution is -0.129. The standard InChI is InChI=1S/C26H34N4O6/c1-15(2)36-21-10-9-16(26(3,4)34)12-17(21)19-14-30(5)25(33)23-18(19)13-20(28-23)24(32)27-11-7-6-8-22(31)29-35/h9-10,12-15,28,34-35H,6-8,11H2,1-5H3,(H,27,32)(H,29,31). The number of hydrogen-bond acceptors (Lipinski definition) is 6. The van der Waals surface area contributed by atoms with Gasteiger partial charge in [-0.3, -0.25) is 19.6 Å². The van der Waals surface area contributed by atoms with Crippen molar-refractivity contribution < 1.29 is 24.6 Å². The number of carbonyl (C=O) groups is 2. The van der Waals surface area contributed by atoms with E-state index >= 15 is 0 Å². The van der Waals surface area contributed by atoms with E-state index in [1.54, 1.807) is 50.8 Å². The van der Waals surface area contributed by atoms with E-state index in [2.05, 4.69) is 10.3 Å². The zero-order valence-corrected chi connectivity index (χ0v) is 21.3. The Morgan fingerprint density at radius 1 is 1.17 bits per heavy atom. The van der Waals surface area contributed by atoms with Crippen LogP contribution in [-0.4, -0.2) is 44.3 Å². The minimum Gasteiger partial charge on any atom is -0.490 e. The molecule has 1 aromatic carbocycles. The molecule has 3 rings (SSSR count). The highest BCUT2D eigenvalue weighted by Crippen LogP contribution is 2.37. The lowest BCUT2D eigenvalue weighted by atomic mass is 9.93. The molecule has 0 aliphatic carbocycles. The molecule has 10 heteroatoms. The summed E-state index contributed by atoms with van der Waals surface area (Å²) in [5.74, 6) is -0.262. The molecule has 0 spiro atoms. The van der Waals surface area contributed by atoms with Crippen LogP contribution in [0.4, 0.5) is 0 Å². The number of aliphatic hydroxyl groups is 1. The molecule has 0 saturated heterocycles. The molecule has 2 aromatic heterocycles. The molecule has 0 atom stereocenters. The Morgan fingerprint density at radius 3 is 2.53 bits per heavy atom. The maximum atomic E-state index is 12.9. The summed E-state index contributed by atoms with van der Waals surface area (Å²) >= 11 is 0. The normalized spacial score (nSPS) is 11.7. The number of rotatable bonds is 10. The number of H-pyrrole nitrogens is 1. The molecule has 0 radical (unpaired) electrons. The summed E-state index contributed by atoms with van der Waals surface area (Å²) in [5, 5.41) is 22.5. The van der Waals surface area contributed by atoms with Crippen LogP contribution in [0.1, 0.15) is 63.0 Å². The van der Waals surface area contributed by atoms with Gasteiger partial charge in [-0.25, -0.2) is 5.48 Å². The van der Waals surface area contributed by atoms with Gasteiger partial charge in [0.2, 0.25) is 5.91 Å². The van der Waals surface area contributed by atoms with Gasteiger partial charge in [-0.1, -0.05) is 6.07 Å². The second kappa shape index (κ2) is 11.0. The van der Waals surface area contributed by atoms with Crippen molar-refractivity contribution in [2.45, 2.75) is 58.7 Å². The quantitative estimate of drug-likeness (QED) is 0.165. The number of amides is 2. The molecule has 5 N–H and O–H groups in total. The summed E-state index contributed by atoms with van der Waals surface area (Å²) in [5.41, 5.74) is 2.76. The van der Waals surface area contributed by atoms with Crippen molar-refractivity contribution in [1.29, 1.82) is 0 Å². The van der Waals surface area contributed by atoms with Crippen LogP contribution in [0.3, 0.4) is 0 Å². The highest BCUT2D eigenvalue weighted by Gasteiger charge is 2.22. The Balaban J connectivity index is 2.01. The lowest BCUT2D eigenvalue weighted by Gasteiger charge is -2.22. The van der Waals surface area contributed by atoms with Crippen molar-refractivity contribution in [1.82, 2.24) is 20.3 Å². The minimum absolute atomic E-state index is 0.101. The second-order valence-corrected chi connectivity index (χ2v) is 9.62. The maximum Gasteiger partial charge on any atom is 0.274 e. The summed E-state index contributed by atoms with van der Waals surface area (Å²) in [7, 11) is 1.64. The first-order valence-corrected chi connectivity index (χ1v) is 11.9. The van der Waals surface area contributed by atoms with E-state index in [0.717, 1.165) is 0 Å². The van der Waals surface area contributed by atoms with Gasteiger partial charge in [-0.15, -0.1) is 0 Å². The van der Waals surface area contributed by atoms with Crippen molar-refractivity contribution in [2.75, 3.05) is 6.54 Å². The first-order valence-electron chi connectivity index (χ1n) is 11.9. The highest BCUT2D eigenvalue weighted by atomic mass is 16.5. The number of unbranched alkanes of at least 4 members (excludes halogenated alkanes) is 1. The van der Waals surface area contributed by atoms with E-state index in [1.165, 1.54) is 4.57 Å². The summed E-state index contributed by atoms with van der Waals surface area (Å²) in [6, 6.07) is 7.08. The van der Waals surface area contributed by atoms with Gasteiger partial charge in [0.15, 0.2) is 0 Å². The predicted molar refractivity (Wildman–Crippen MR) is 136 cm³/mol. The third kappa shape index (κ3) is 6.13. The molecule has 36 heavy (non-hydrogen) atoms. The summed E-state index contributed by atoms with van der Waals surface area (Å²) in [6.45, 7) is 7.55. The molecule has 2 heterocycles.